The summed E-state index contributed by atoms with van der Waals surface area (Å²) in [5.74, 6) is 1.03. The molecule has 1 amide bonds. The van der Waals surface area contributed by atoms with Gasteiger partial charge in [0.1, 0.15) is 17.3 Å². The quantitative estimate of drug-likeness (QED) is 0.810. The zero-order valence-electron chi connectivity index (χ0n) is 15.2. The molecule has 1 aliphatic heterocycles. The molecule has 3 rings (SSSR count). The number of benzene rings is 2. The number of carbonyl (C=O) groups is 1. The molecule has 0 unspecified atom stereocenters. The molecule has 0 aromatic heterocycles. The Hall–Kier alpha value is -2.56. The van der Waals surface area contributed by atoms with E-state index in [4.69, 9.17) is 9.47 Å². The van der Waals surface area contributed by atoms with Gasteiger partial charge in [-0.3, -0.25) is 4.79 Å². The Kier molecular flexibility index (Phi) is 5.76. The van der Waals surface area contributed by atoms with Crippen LogP contribution in [0.3, 0.4) is 0 Å². The first-order valence-electron chi connectivity index (χ1n) is 8.89. The van der Waals surface area contributed by atoms with Gasteiger partial charge in [-0.15, -0.1) is 0 Å². The molecule has 0 bridgehead atoms. The van der Waals surface area contributed by atoms with Gasteiger partial charge in [0.05, 0.1) is 19.3 Å². The monoisotopic (exact) mass is 357 g/mol. The Morgan fingerprint density at radius 3 is 2.81 bits per heavy atom. The van der Waals surface area contributed by atoms with Crippen LogP contribution in [0.15, 0.2) is 42.5 Å². The highest BCUT2D eigenvalue weighted by molar-refractivity contribution is 5.94. The van der Waals surface area contributed by atoms with E-state index < -0.39 is 5.82 Å². The first kappa shape index (κ1) is 18.2. The third-order valence-electron chi connectivity index (χ3n) is 4.69. The molecule has 1 atom stereocenters. The fourth-order valence-electron chi connectivity index (χ4n) is 3.25. The van der Waals surface area contributed by atoms with E-state index in [0.717, 1.165) is 29.9 Å². The molecule has 0 radical (unpaired) electrons. The van der Waals surface area contributed by atoms with Crippen molar-refractivity contribution in [2.45, 2.75) is 19.8 Å². The van der Waals surface area contributed by atoms with Crippen molar-refractivity contribution in [2.24, 2.45) is 5.92 Å². The molecule has 1 heterocycles. The fourth-order valence-corrected chi connectivity index (χ4v) is 3.25. The summed E-state index contributed by atoms with van der Waals surface area (Å²) in [7, 11) is 1.62. The van der Waals surface area contributed by atoms with Crippen molar-refractivity contribution in [3.63, 3.8) is 0 Å². The summed E-state index contributed by atoms with van der Waals surface area (Å²) in [5.41, 5.74) is 0.951. The summed E-state index contributed by atoms with van der Waals surface area (Å²) in [5, 5.41) is 0. The van der Waals surface area contributed by atoms with E-state index in [1.807, 2.05) is 31.2 Å². The van der Waals surface area contributed by atoms with Crippen molar-refractivity contribution in [1.82, 2.24) is 4.90 Å². The molecule has 4 nitrogen and oxygen atoms in total. The minimum absolute atomic E-state index is 0.143. The largest absolute Gasteiger partial charge is 0.497 e. The maximum atomic E-state index is 14.1. The lowest BCUT2D eigenvalue weighted by atomic mass is 9.98. The number of methoxy groups -OCH3 is 1. The summed E-state index contributed by atoms with van der Waals surface area (Å²) in [4.78, 5) is 14.4. The van der Waals surface area contributed by atoms with E-state index in [1.54, 1.807) is 24.1 Å². The van der Waals surface area contributed by atoms with Crippen LogP contribution in [0.1, 0.15) is 28.8 Å². The van der Waals surface area contributed by atoms with Gasteiger partial charge < -0.3 is 14.4 Å². The lowest BCUT2D eigenvalue weighted by Crippen LogP contribution is -2.41. The highest BCUT2D eigenvalue weighted by Crippen LogP contribution is 2.23. The van der Waals surface area contributed by atoms with Gasteiger partial charge in [0.2, 0.25) is 0 Å². The summed E-state index contributed by atoms with van der Waals surface area (Å²) < 4.78 is 25.2. The number of aryl methyl sites for hydroxylation is 1. The zero-order valence-corrected chi connectivity index (χ0v) is 15.2. The molecule has 2 aromatic carbocycles. The van der Waals surface area contributed by atoms with Crippen LogP contribution in [0.5, 0.6) is 11.5 Å². The summed E-state index contributed by atoms with van der Waals surface area (Å²) in [6.45, 7) is 3.56. The molecule has 1 fully saturated rings. The van der Waals surface area contributed by atoms with Crippen LogP contribution in [-0.2, 0) is 0 Å². The van der Waals surface area contributed by atoms with Crippen molar-refractivity contribution < 1.29 is 18.7 Å². The first-order valence-corrected chi connectivity index (χ1v) is 8.89. The third kappa shape index (κ3) is 4.34. The molecule has 26 heavy (non-hydrogen) atoms. The van der Waals surface area contributed by atoms with Gasteiger partial charge in [-0.2, -0.15) is 0 Å². The lowest BCUT2D eigenvalue weighted by molar-refractivity contribution is 0.0628. The van der Waals surface area contributed by atoms with Crippen LogP contribution in [-0.4, -0.2) is 37.6 Å². The van der Waals surface area contributed by atoms with Gasteiger partial charge >= 0.3 is 0 Å². The topological polar surface area (TPSA) is 38.8 Å². The second-order valence-electron chi connectivity index (χ2n) is 6.73. The number of hydrogen-bond donors (Lipinski definition) is 0. The average molecular weight is 357 g/mol. The fraction of sp³-hybridized carbons (Fsp3) is 0.381. The Bertz CT molecular complexity index is 778. The highest BCUT2D eigenvalue weighted by atomic mass is 19.1. The number of amides is 1. The Balaban J connectivity index is 1.60. The van der Waals surface area contributed by atoms with Crippen molar-refractivity contribution in [3.8, 4) is 11.5 Å². The molecule has 0 aliphatic carbocycles. The Labute approximate surface area is 153 Å². The number of piperidine rings is 1. The van der Waals surface area contributed by atoms with Gasteiger partial charge in [0.15, 0.2) is 0 Å². The van der Waals surface area contributed by atoms with Crippen LogP contribution in [0.25, 0.3) is 0 Å². The summed E-state index contributed by atoms with van der Waals surface area (Å²) in [6, 6.07) is 12.2. The van der Waals surface area contributed by atoms with E-state index in [2.05, 4.69) is 0 Å². The molecule has 0 spiro atoms. The summed E-state index contributed by atoms with van der Waals surface area (Å²) >= 11 is 0. The second kappa shape index (κ2) is 8.21. The van der Waals surface area contributed by atoms with E-state index in [1.165, 1.54) is 6.07 Å². The van der Waals surface area contributed by atoms with Gasteiger partial charge in [0.25, 0.3) is 5.91 Å². The predicted octanol–water partition coefficient (Wildman–Crippen LogP) is 4.07. The van der Waals surface area contributed by atoms with Crippen molar-refractivity contribution in [1.29, 1.82) is 0 Å². The van der Waals surface area contributed by atoms with E-state index in [-0.39, 0.29) is 17.4 Å². The number of rotatable bonds is 5. The van der Waals surface area contributed by atoms with Gasteiger partial charge in [0, 0.05) is 25.1 Å². The van der Waals surface area contributed by atoms with Crippen molar-refractivity contribution in [2.75, 3.05) is 26.8 Å². The molecule has 5 heteroatoms. The Morgan fingerprint density at radius 2 is 2.04 bits per heavy atom. The minimum atomic E-state index is -0.454. The van der Waals surface area contributed by atoms with Gasteiger partial charge in [-0.25, -0.2) is 4.39 Å². The van der Waals surface area contributed by atoms with Gasteiger partial charge in [-0.1, -0.05) is 12.1 Å². The van der Waals surface area contributed by atoms with Crippen LogP contribution in [0.2, 0.25) is 0 Å². The molecular formula is C21H24FNO3. The zero-order chi connectivity index (χ0) is 18.5. The SMILES string of the molecule is COc1cccc(OC[C@@H]2CCCN(C(=O)c3ccc(C)cc3F)C2)c1. The van der Waals surface area contributed by atoms with E-state index >= 15 is 0 Å². The number of halogens is 1. The van der Waals surface area contributed by atoms with E-state index in [0.29, 0.717) is 19.7 Å². The standard InChI is InChI=1S/C21H24FNO3/c1-15-8-9-19(20(22)11-15)21(24)23-10-4-5-16(13-23)14-26-18-7-3-6-17(12-18)25-2/h3,6-9,11-12,16H,4-5,10,13-14H2,1-2H3/t16-/m1/s1. The number of hydrogen-bond acceptors (Lipinski definition) is 3. The predicted molar refractivity (Wildman–Crippen MR) is 98.3 cm³/mol. The lowest BCUT2D eigenvalue weighted by Gasteiger charge is -2.32. The third-order valence-corrected chi connectivity index (χ3v) is 4.69. The van der Waals surface area contributed by atoms with E-state index in [9.17, 15) is 9.18 Å². The first-order chi connectivity index (χ1) is 12.6. The molecule has 2 aromatic rings. The minimum Gasteiger partial charge on any atom is -0.497 e. The van der Waals surface area contributed by atoms with Crippen molar-refractivity contribution in [3.05, 3.63) is 59.4 Å². The smallest absolute Gasteiger partial charge is 0.256 e. The van der Waals surface area contributed by atoms with Crippen LogP contribution in [0.4, 0.5) is 4.39 Å². The highest BCUT2D eigenvalue weighted by Gasteiger charge is 2.26. The van der Waals surface area contributed by atoms with Crippen LogP contribution < -0.4 is 9.47 Å². The second-order valence-corrected chi connectivity index (χ2v) is 6.73. The maximum Gasteiger partial charge on any atom is 0.256 e. The number of ether oxygens (including phenoxy) is 2. The molecule has 0 saturated carbocycles. The molecule has 1 aliphatic rings. The Morgan fingerprint density at radius 1 is 1.23 bits per heavy atom. The summed E-state index contributed by atoms with van der Waals surface area (Å²) in [6.07, 6.45) is 1.88. The molecule has 138 valence electrons. The van der Waals surface area contributed by atoms with Crippen molar-refractivity contribution >= 4 is 5.91 Å². The normalized spacial score (nSPS) is 17.0. The average Bonchev–Trinajstić information content (AvgIpc) is 2.66. The van der Waals surface area contributed by atoms with Gasteiger partial charge in [-0.05, 0) is 49.6 Å². The number of likely N-dealkylation sites (tertiary alicyclic amines) is 1. The maximum absolute atomic E-state index is 14.1. The van der Waals surface area contributed by atoms with Crippen LogP contribution >= 0.6 is 0 Å². The van der Waals surface area contributed by atoms with Crippen LogP contribution in [0, 0.1) is 18.7 Å². The number of carbonyl (C=O) groups excluding carboxylic acids is 1. The number of nitrogens with zero attached hydrogens (tertiary/aromatic N) is 1. The molecular weight excluding hydrogens is 333 g/mol. The molecule has 0 N–H and O–H groups in total. The molecule has 1 saturated heterocycles.